The number of piperidine rings is 1. The molecule has 0 unspecified atom stereocenters. The predicted octanol–water partition coefficient (Wildman–Crippen LogP) is 3.24. The first-order valence-corrected chi connectivity index (χ1v) is 10.8. The van der Waals surface area contributed by atoms with Gasteiger partial charge < -0.3 is 16.0 Å². The second-order valence-electron chi connectivity index (χ2n) is 8.18. The van der Waals surface area contributed by atoms with Crippen LogP contribution in [0.5, 0.6) is 0 Å². The quantitative estimate of drug-likeness (QED) is 0.502. The Labute approximate surface area is 181 Å². The van der Waals surface area contributed by atoms with Crippen LogP contribution in [0.1, 0.15) is 24.4 Å². The van der Waals surface area contributed by atoms with Crippen molar-refractivity contribution < 1.29 is 0 Å². The van der Waals surface area contributed by atoms with Gasteiger partial charge in [0.15, 0.2) is 11.5 Å². The van der Waals surface area contributed by atoms with E-state index >= 15 is 0 Å². The molecule has 1 aliphatic rings. The minimum atomic E-state index is 0.424. The van der Waals surface area contributed by atoms with Gasteiger partial charge in [0.1, 0.15) is 0 Å². The van der Waals surface area contributed by atoms with Crippen LogP contribution in [-0.4, -0.2) is 55.2 Å². The fourth-order valence-electron chi connectivity index (χ4n) is 4.35. The number of aromatic nitrogens is 5. The van der Waals surface area contributed by atoms with E-state index in [0.29, 0.717) is 6.04 Å². The Morgan fingerprint density at radius 3 is 2.84 bits per heavy atom. The molecule has 0 atom stereocenters. The standard InChI is InChI=1S/C23H28N8/c1-17-3-2-4-18(13-17)21-15-26-22(23-25-8-12-30(21)23)28-19-14-27-31(16-19)20-5-9-29(10-6-20)11-7-24/h2-4,8,12-16,20H,5-7,9-11,24H2,1H3,(H,26,28). The van der Waals surface area contributed by atoms with Crippen LogP contribution >= 0.6 is 0 Å². The Morgan fingerprint density at radius 1 is 1.16 bits per heavy atom. The van der Waals surface area contributed by atoms with E-state index in [1.807, 2.05) is 18.6 Å². The van der Waals surface area contributed by atoms with Gasteiger partial charge in [-0.3, -0.25) is 9.08 Å². The molecular formula is C23H28N8. The highest BCUT2D eigenvalue weighted by Gasteiger charge is 2.21. The zero-order chi connectivity index (χ0) is 21.2. The molecule has 1 aromatic carbocycles. The third kappa shape index (κ3) is 4.04. The van der Waals surface area contributed by atoms with Gasteiger partial charge in [0.05, 0.1) is 29.8 Å². The molecule has 0 radical (unpaired) electrons. The second-order valence-corrected chi connectivity index (χ2v) is 8.18. The summed E-state index contributed by atoms with van der Waals surface area (Å²) in [4.78, 5) is 11.6. The second kappa shape index (κ2) is 8.49. The van der Waals surface area contributed by atoms with Crippen molar-refractivity contribution in [3.05, 3.63) is 60.8 Å². The van der Waals surface area contributed by atoms with E-state index in [1.54, 1.807) is 6.20 Å². The summed E-state index contributed by atoms with van der Waals surface area (Å²) in [7, 11) is 0. The summed E-state index contributed by atoms with van der Waals surface area (Å²) in [5, 5.41) is 8.01. The summed E-state index contributed by atoms with van der Waals surface area (Å²) in [6, 6.07) is 8.84. The number of benzene rings is 1. The molecule has 0 saturated carbocycles. The molecule has 3 aromatic heterocycles. The first kappa shape index (κ1) is 19.7. The van der Waals surface area contributed by atoms with Crippen molar-refractivity contribution in [1.82, 2.24) is 29.0 Å². The third-order valence-electron chi connectivity index (χ3n) is 5.98. The van der Waals surface area contributed by atoms with Crippen LogP contribution < -0.4 is 11.1 Å². The Balaban J connectivity index is 1.35. The molecule has 4 heterocycles. The molecule has 31 heavy (non-hydrogen) atoms. The van der Waals surface area contributed by atoms with Gasteiger partial charge in [0.2, 0.25) is 0 Å². The minimum Gasteiger partial charge on any atom is -0.335 e. The van der Waals surface area contributed by atoms with Crippen LogP contribution in [0.15, 0.2) is 55.2 Å². The molecular weight excluding hydrogens is 388 g/mol. The largest absolute Gasteiger partial charge is 0.335 e. The molecule has 4 aromatic rings. The van der Waals surface area contributed by atoms with Crippen LogP contribution in [-0.2, 0) is 0 Å². The number of anilines is 2. The summed E-state index contributed by atoms with van der Waals surface area (Å²) in [6.07, 6.45) is 11.8. The van der Waals surface area contributed by atoms with E-state index in [4.69, 9.17) is 5.73 Å². The van der Waals surface area contributed by atoms with E-state index in [-0.39, 0.29) is 0 Å². The number of likely N-dealkylation sites (tertiary alicyclic amines) is 1. The van der Waals surface area contributed by atoms with Gasteiger partial charge in [-0.2, -0.15) is 5.10 Å². The summed E-state index contributed by atoms with van der Waals surface area (Å²) >= 11 is 0. The van der Waals surface area contributed by atoms with Gasteiger partial charge in [-0.1, -0.05) is 23.8 Å². The summed E-state index contributed by atoms with van der Waals surface area (Å²) < 4.78 is 4.15. The number of fused-ring (bicyclic) bond motifs is 1. The fourth-order valence-corrected chi connectivity index (χ4v) is 4.35. The maximum Gasteiger partial charge on any atom is 0.180 e. The Morgan fingerprint density at radius 2 is 2.03 bits per heavy atom. The van der Waals surface area contributed by atoms with Crippen molar-refractivity contribution in [3.8, 4) is 11.3 Å². The number of hydrogen-bond acceptors (Lipinski definition) is 6. The SMILES string of the molecule is Cc1cccc(-c2cnc(Nc3cnn(C4CCN(CCN)CC4)c3)c3nccn23)c1. The molecule has 8 nitrogen and oxygen atoms in total. The molecule has 1 aliphatic heterocycles. The average Bonchev–Trinajstić information content (AvgIpc) is 3.45. The van der Waals surface area contributed by atoms with Gasteiger partial charge in [-0.15, -0.1) is 0 Å². The lowest BCUT2D eigenvalue weighted by atomic mass is 10.1. The number of nitrogens with zero attached hydrogens (tertiary/aromatic N) is 6. The van der Waals surface area contributed by atoms with Crippen molar-refractivity contribution in [2.24, 2.45) is 5.73 Å². The van der Waals surface area contributed by atoms with Crippen molar-refractivity contribution in [1.29, 1.82) is 0 Å². The topological polar surface area (TPSA) is 89.3 Å². The predicted molar refractivity (Wildman–Crippen MR) is 122 cm³/mol. The first-order chi connectivity index (χ1) is 15.2. The number of rotatable bonds is 6. The molecule has 1 fully saturated rings. The number of aryl methyl sites for hydroxylation is 1. The normalized spacial score (nSPS) is 15.5. The van der Waals surface area contributed by atoms with Crippen LogP contribution in [0.25, 0.3) is 16.9 Å². The van der Waals surface area contributed by atoms with Crippen LogP contribution in [0.2, 0.25) is 0 Å². The van der Waals surface area contributed by atoms with E-state index < -0.39 is 0 Å². The number of imidazole rings is 1. The molecule has 160 valence electrons. The van der Waals surface area contributed by atoms with Gasteiger partial charge in [0.25, 0.3) is 0 Å². The van der Waals surface area contributed by atoms with Crippen molar-refractivity contribution in [2.45, 2.75) is 25.8 Å². The summed E-state index contributed by atoms with van der Waals surface area (Å²) in [6.45, 7) is 5.93. The van der Waals surface area contributed by atoms with Crippen LogP contribution in [0.4, 0.5) is 11.5 Å². The molecule has 0 bridgehead atoms. The highest BCUT2D eigenvalue weighted by atomic mass is 15.3. The lowest BCUT2D eigenvalue weighted by Gasteiger charge is -2.31. The summed E-state index contributed by atoms with van der Waals surface area (Å²) in [5.41, 5.74) is 10.8. The first-order valence-electron chi connectivity index (χ1n) is 10.8. The Kier molecular flexibility index (Phi) is 5.40. The average molecular weight is 417 g/mol. The maximum atomic E-state index is 5.68. The zero-order valence-corrected chi connectivity index (χ0v) is 17.8. The smallest absolute Gasteiger partial charge is 0.180 e. The van der Waals surface area contributed by atoms with Crippen molar-refractivity contribution in [3.63, 3.8) is 0 Å². The highest BCUT2D eigenvalue weighted by Crippen LogP contribution is 2.27. The van der Waals surface area contributed by atoms with Crippen LogP contribution in [0, 0.1) is 6.92 Å². The lowest BCUT2D eigenvalue weighted by molar-refractivity contribution is 0.184. The Hall–Kier alpha value is -3.23. The van der Waals surface area contributed by atoms with Gasteiger partial charge in [-0.25, -0.2) is 9.97 Å². The molecule has 1 saturated heterocycles. The zero-order valence-electron chi connectivity index (χ0n) is 17.8. The Bertz CT molecular complexity index is 1170. The monoisotopic (exact) mass is 416 g/mol. The van der Waals surface area contributed by atoms with Gasteiger partial charge in [-0.05, 0) is 25.8 Å². The number of hydrogen-bond donors (Lipinski definition) is 2. The van der Waals surface area contributed by atoms with E-state index in [0.717, 1.165) is 67.4 Å². The third-order valence-corrected chi connectivity index (χ3v) is 5.98. The molecule has 5 rings (SSSR count). The number of nitrogens with two attached hydrogens (primary N) is 1. The van der Waals surface area contributed by atoms with Gasteiger partial charge in [0, 0.05) is 50.3 Å². The van der Waals surface area contributed by atoms with Crippen molar-refractivity contribution >= 4 is 17.2 Å². The van der Waals surface area contributed by atoms with Gasteiger partial charge >= 0.3 is 0 Å². The molecule has 8 heteroatoms. The van der Waals surface area contributed by atoms with E-state index in [9.17, 15) is 0 Å². The highest BCUT2D eigenvalue weighted by molar-refractivity contribution is 5.73. The number of nitrogens with one attached hydrogen (secondary N) is 1. The summed E-state index contributed by atoms with van der Waals surface area (Å²) in [5.74, 6) is 0.721. The molecule has 0 aliphatic carbocycles. The maximum absolute atomic E-state index is 5.68. The lowest BCUT2D eigenvalue weighted by Crippen LogP contribution is -2.37. The molecule has 0 spiro atoms. The molecule has 3 N–H and O–H groups in total. The minimum absolute atomic E-state index is 0.424. The van der Waals surface area contributed by atoms with E-state index in [1.165, 1.54) is 5.56 Å². The fraction of sp³-hybridized carbons (Fsp3) is 0.348. The molecule has 0 amide bonds. The van der Waals surface area contributed by atoms with Crippen LogP contribution in [0.3, 0.4) is 0 Å². The van der Waals surface area contributed by atoms with E-state index in [2.05, 4.69) is 71.8 Å². The van der Waals surface area contributed by atoms with Crippen molar-refractivity contribution in [2.75, 3.05) is 31.5 Å².